The van der Waals surface area contributed by atoms with Crippen molar-refractivity contribution in [1.29, 1.82) is 0 Å². The number of nitrogens with two attached hydrogens (primary N) is 1. The van der Waals surface area contributed by atoms with Gasteiger partial charge in [-0.05, 0) is 37.3 Å². The van der Waals surface area contributed by atoms with Crippen LogP contribution in [-0.4, -0.2) is 6.04 Å². The van der Waals surface area contributed by atoms with Crippen molar-refractivity contribution in [3.63, 3.8) is 0 Å². The van der Waals surface area contributed by atoms with Crippen LogP contribution in [0.5, 0.6) is 0 Å². The van der Waals surface area contributed by atoms with Gasteiger partial charge in [-0.3, -0.25) is 0 Å². The van der Waals surface area contributed by atoms with E-state index in [1.165, 1.54) is 30.5 Å². The van der Waals surface area contributed by atoms with Crippen LogP contribution in [0.2, 0.25) is 0 Å². The molecule has 0 radical (unpaired) electrons. The van der Waals surface area contributed by atoms with Crippen LogP contribution in [0.25, 0.3) is 0 Å². The van der Waals surface area contributed by atoms with Crippen molar-refractivity contribution in [2.45, 2.75) is 38.8 Å². The monoisotopic (exact) mass is 282 g/mol. The summed E-state index contributed by atoms with van der Waals surface area (Å²) >= 11 is 3.55. The normalized spacial score (nSPS) is 24.7. The molecule has 3 N–H and O–H groups in total. The van der Waals surface area contributed by atoms with E-state index in [-0.39, 0.29) is 0 Å². The molecule has 1 fully saturated rings. The van der Waals surface area contributed by atoms with Gasteiger partial charge in [0.15, 0.2) is 0 Å². The molecular weight excluding hydrogens is 264 g/mol. The van der Waals surface area contributed by atoms with Crippen molar-refractivity contribution >= 4 is 21.6 Å². The summed E-state index contributed by atoms with van der Waals surface area (Å²) in [5, 5.41) is 3.62. The zero-order valence-corrected chi connectivity index (χ0v) is 11.3. The quantitative estimate of drug-likeness (QED) is 0.891. The highest BCUT2D eigenvalue weighted by molar-refractivity contribution is 9.10. The second kappa shape index (κ2) is 5.19. The van der Waals surface area contributed by atoms with Gasteiger partial charge in [-0.2, -0.15) is 0 Å². The minimum Gasteiger partial charge on any atom is -0.382 e. The van der Waals surface area contributed by atoms with Crippen molar-refractivity contribution < 1.29 is 0 Å². The largest absolute Gasteiger partial charge is 0.382 e. The van der Waals surface area contributed by atoms with E-state index in [1.54, 1.807) is 0 Å². The zero-order chi connectivity index (χ0) is 11.5. The van der Waals surface area contributed by atoms with Gasteiger partial charge in [0.25, 0.3) is 0 Å². The molecule has 0 bridgehead atoms. The average molecular weight is 283 g/mol. The van der Waals surface area contributed by atoms with E-state index in [1.807, 2.05) is 6.07 Å². The van der Waals surface area contributed by atoms with Gasteiger partial charge in [-0.15, -0.1) is 0 Å². The van der Waals surface area contributed by atoms with Crippen molar-refractivity contribution in [3.8, 4) is 0 Å². The predicted molar refractivity (Wildman–Crippen MR) is 72.5 cm³/mol. The lowest BCUT2D eigenvalue weighted by Gasteiger charge is -2.17. The topological polar surface area (TPSA) is 38.0 Å². The van der Waals surface area contributed by atoms with E-state index in [0.717, 1.165) is 10.4 Å². The van der Waals surface area contributed by atoms with Crippen LogP contribution in [0.15, 0.2) is 22.7 Å². The molecule has 0 aliphatic heterocycles. The Morgan fingerprint density at radius 1 is 1.44 bits per heavy atom. The first-order valence-electron chi connectivity index (χ1n) is 5.94. The third kappa shape index (κ3) is 2.58. The molecule has 1 aromatic rings. The molecule has 1 aromatic carbocycles. The smallest absolute Gasteiger partial charge is 0.0399 e. The van der Waals surface area contributed by atoms with Crippen LogP contribution in [0.1, 0.15) is 31.7 Å². The Hall–Kier alpha value is -0.540. The van der Waals surface area contributed by atoms with Crippen molar-refractivity contribution in [2.75, 3.05) is 5.32 Å². The van der Waals surface area contributed by atoms with Crippen LogP contribution in [0.3, 0.4) is 0 Å². The van der Waals surface area contributed by atoms with Crippen LogP contribution in [0, 0.1) is 5.92 Å². The third-order valence-corrected chi connectivity index (χ3v) is 4.12. The first kappa shape index (κ1) is 11.9. The van der Waals surface area contributed by atoms with Crippen molar-refractivity contribution in [1.82, 2.24) is 0 Å². The lowest BCUT2D eigenvalue weighted by molar-refractivity contribution is 0.602. The second-order valence-electron chi connectivity index (χ2n) is 4.73. The fourth-order valence-corrected chi connectivity index (χ4v) is 2.99. The molecule has 1 saturated carbocycles. The standard InChI is InChI=1S/C13H19BrN2/c1-9-5-6-10(7-9)16-13-4-2-3-12(14)11(13)8-15/h2-4,9-10,16H,5-8,15H2,1H3. The molecule has 2 nitrogen and oxygen atoms in total. The molecular formula is C13H19BrN2. The lowest BCUT2D eigenvalue weighted by atomic mass is 10.1. The van der Waals surface area contributed by atoms with E-state index < -0.39 is 0 Å². The number of anilines is 1. The summed E-state index contributed by atoms with van der Waals surface area (Å²) in [6.07, 6.45) is 3.89. The molecule has 2 atom stereocenters. The first-order valence-corrected chi connectivity index (χ1v) is 6.74. The van der Waals surface area contributed by atoms with Gasteiger partial charge in [0.1, 0.15) is 0 Å². The molecule has 1 aliphatic carbocycles. The number of hydrogen-bond donors (Lipinski definition) is 2. The molecule has 1 aliphatic rings. The Labute approximate surface area is 106 Å². The van der Waals surface area contributed by atoms with Gasteiger partial charge in [0.05, 0.1) is 0 Å². The molecule has 0 heterocycles. The molecule has 88 valence electrons. The molecule has 0 saturated heterocycles. The van der Waals surface area contributed by atoms with E-state index in [0.29, 0.717) is 12.6 Å². The summed E-state index contributed by atoms with van der Waals surface area (Å²) in [5.74, 6) is 0.853. The van der Waals surface area contributed by atoms with Crippen LogP contribution >= 0.6 is 15.9 Å². The molecule has 2 unspecified atom stereocenters. The molecule has 2 rings (SSSR count). The fourth-order valence-electron chi connectivity index (χ4n) is 2.46. The van der Waals surface area contributed by atoms with E-state index in [4.69, 9.17) is 5.73 Å². The maximum absolute atomic E-state index is 5.78. The molecule has 16 heavy (non-hydrogen) atoms. The van der Waals surface area contributed by atoms with E-state index >= 15 is 0 Å². The van der Waals surface area contributed by atoms with E-state index in [2.05, 4.69) is 40.3 Å². The summed E-state index contributed by atoms with van der Waals surface area (Å²) < 4.78 is 1.10. The van der Waals surface area contributed by atoms with Gasteiger partial charge >= 0.3 is 0 Å². The average Bonchev–Trinajstić information content (AvgIpc) is 2.64. The van der Waals surface area contributed by atoms with Gasteiger partial charge in [-0.25, -0.2) is 0 Å². The molecule has 0 spiro atoms. The third-order valence-electron chi connectivity index (χ3n) is 3.38. The number of halogens is 1. The number of benzene rings is 1. The number of hydrogen-bond acceptors (Lipinski definition) is 2. The van der Waals surface area contributed by atoms with E-state index in [9.17, 15) is 0 Å². The second-order valence-corrected chi connectivity index (χ2v) is 5.58. The summed E-state index contributed by atoms with van der Waals surface area (Å²) in [5.41, 5.74) is 8.16. The first-order chi connectivity index (χ1) is 7.70. The Morgan fingerprint density at radius 3 is 2.88 bits per heavy atom. The maximum atomic E-state index is 5.78. The Kier molecular flexibility index (Phi) is 3.87. The predicted octanol–water partition coefficient (Wildman–Crippen LogP) is 3.51. The van der Waals surface area contributed by atoms with Crippen LogP contribution in [-0.2, 0) is 6.54 Å². The highest BCUT2D eigenvalue weighted by atomic mass is 79.9. The minimum absolute atomic E-state index is 0.575. The van der Waals surface area contributed by atoms with Gasteiger partial charge in [0, 0.05) is 28.3 Å². The number of nitrogens with one attached hydrogen (secondary N) is 1. The van der Waals surface area contributed by atoms with Crippen LogP contribution in [0.4, 0.5) is 5.69 Å². The highest BCUT2D eigenvalue weighted by Crippen LogP contribution is 2.30. The number of rotatable bonds is 3. The van der Waals surface area contributed by atoms with Gasteiger partial charge in [0.2, 0.25) is 0 Å². The maximum Gasteiger partial charge on any atom is 0.0399 e. The Bertz CT molecular complexity index is 365. The SMILES string of the molecule is CC1CCC(Nc2cccc(Br)c2CN)C1. The Morgan fingerprint density at radius 2 is 2.25 bits per heavy atom. The van der Waals surface area contributed by atoms with Crippen LogP contribution < -0.4 is 11.1 Å². The highest BCUT2D eigenvalue weighted by Gasteiger charge is 2.21. The minimum atomic E-state index is 0.575. The van der Waals surface area contributed by atoms with Crippen molar-refractivity contribution in [3.05, 3.63) is 28.2 Å². The summed E-state index contributed by atoms with van der Waals surface area (Å²) in [6, 6.07) is 6.85. The summed E-state index contributed by atoms with van der Waals surface area (Å²) in [4.78, 5) is 0. The van der Waals surface area contributed by atoms with Crippen molar-refractivity contribution in [2.24, 2.45) is 11.7 Å². The molecule has 0 aromatic heterocycles. The van der Waals surface area contributed by atoms with Gasteiger partial charge < -0.3 is 11.1 Å². The summed E-state index contributed by atoms with van der Waals surface area (Å²) in [7, 11) is 0. The molecule has 0 amide bonds. The fraction of sp³-hybridized carbons (Fsp3) is 0.538. The molecule has 3 heteroatoms. The lowest BCUT2D eigenvalue weighted by Crippen LogP contribution is -2.17. The Balaban J connectivity index is 2.12. The van der Waals surface area contributed by atoms with Gasteiger partial charge in [-0.1, -0.05) is 28.9 Å². The zero-order valence-electron chi connectivity index (χ0n) is 9.67. The summed E-state index contributed by atoms with van der Waals surface area (Å²) in [6.45, 7) is 2.90.